The van der Waals surface area contributed by atoms with Crippen molar-refractivity contribution in [2.75, 3.05) is 13.2 Å². The van der Waals surface area contributed by atoms with Crippen molar-refractivity contribution in [3.8, 4) is 0 Å². The first-order chi connectivity index (χ1) is 8.45. The number of rotatable bonds is 6. The second-order valence-electron chi connectivity index (χ2n) is 4.09. The molecule has 0 saturated heterocycles. The first-order valence-electron chi connectivity index (χ1n) is 5.86. The third kappa shape index (κ3) is 4.66. The Morgan fingerprint density at radius 3 is 2.56 bits per heavy atom. The quantitative estimate of drug-likeness (QED) is 0.798. The third-order valence-corrected chi connectivity index (χ3v) is 2.44. The van der Waals surface area contributed by atoms with Gasteiger partial charge in [-0.25, -0.2) is 0 Å². The summed E-state index contributed by atoms with van der Waals surface area (Å²) in [5.41, 5.74) is -0.600. The van der Waals surface area contributed by atoms with Gasteiger partial charge in [-0.3, -0.25) is 0 Å². The number of benzene rings is 1. The Labute approximate surface area is 104 Å². The molecule has 1 rings (SSSR count). The molecule has 0 aliphatic carbocycles. The Morgan fingerprint density at radius 1 is 1.28 bits per heavy atom. The Bertz CT molecular complexity index is 363. The summed E-state index contributed by atoms with van der Waals surface area (Å²) in [5, 5.41) is 9.63. The van der Waals surface area contributed by atoms with Crippen LogP contribution in [0.5, 0.6) is 0 Å². The van der Waals surface area contributed by atoms with Gasteiger partial charge in [-0.15, -0.1) is 0 Å². The van der Waals surface area contributed by atoms with Crippen molar-refractivity contribution >= 4 is 0 Å². The molecule has 0 saturated carbocycles. The summed E-state index contributed by atoms with van der Waals surface area (Å²) in [6, 6.07) is 5.28. The molecule has 0 aromatic heterocycles. The van der Waals surface area contributed by atoms with E-state index in [2.05, 4.69) is 0 Å². The molecule has 1 aromatic rings. The van der Waals surface area contributed by atoms with E-state index in [1.54, 1.807) is 0 Å². The summed E-state index contributed by atoms with van der Waals surface area (Å²) in [5.74, 6) is 0. The van der Waals surface area contributed by atoms with Gasteiger partial charge in [0.05, 0.1) is 18.3 Å². The highest BCUT2D eigenvalue weighted by Crippen LogP contribution is 2.32. The predicted octanol–water partition coefficient (Wildman–Crippen LogP) is 3.04. The van der Waals surface area contributed by atoms with E-state index >= 15 is 0 Å². The average Bonchev–Trinajstić information content (AvgIpc) is 2.28. The predicted molar refractivity (Wildman–Crippen MR) is 62.3 cm³/mol. The Kier molecular flexibility index (Phi) is 5.62. The highest BCUT2D eigenvalue weighted by Gasteiger charge is 2.33. The molecule has 1 unspecified atom stereocenters. The van der Waals surface area contributed by atoms with Crippen molar-refractivity contribution in [1.82, 2.24) is 0 Å². The van der Waals surface area contributed by atoms with Crippen molar-refractivity contribution in [2.45, 2.75) is 32.0 Å². The molecule has 0 aliphatic heterocycles. The fourth-order valence-corrected chi connectivity index (χ4v) is 1.65. The highest BCUT2D eigenvalue weighted by atomic mass is 19.4. The number of hydrogen-bond donors (Lipinski definition) is 1. The highest BCUT2D eigenvalue weighted by molar-refractivity contribution is 5.30. The molecule has 0 bridgehead atoms. The van der Waals surface area contributed by atoms with Gasteiger partial charge in [0.15, 0.2) is 0 Å². The van der Waals surface area contributed by atoms with Gasteiger partial charge in [-0.05, 0) is 18.1 Å². The molecule has 1 atom stereocenters. The van der Waals surface area contributed by atoms with Crippen LogP contribution in [0.3, 0.4) is 0 Å². The van der Waals surface area contributed by atoms with E-state index < -0.39 is 17.8 Å². The molecule has 0 radical (unpaired) electrons. The number of aliphatic hydroxyl groups is 1. The van der Waals surface area contributed by atoms with E-state index in [-0.39, 0.29) is 18.6 Å². The fourth-order valence-electron chi connectivity index (χ4n) is 1.65. The lowest BCUT2D eigenvalue weighted by molar-refractivity contribution is -0.138. The van der Waals surface area contributed by atoms with E-state index in [9.17, 15) is 18.3 Å². The van der Waals surface area contributed by atoms with Crippen molar-refractivity contribution in [3.05, 3.63) is 35.4 Å². The van der Waals surface area contributed by atoms with E-state index in [4.69, 9.17) is 4.74 Å². The topological polar surface area (TPSA) is 29.5 Å². The maximum Gasteiger partial charge on any atom is 0.416 e. The Balaban J connectivity index is 2.66. The normalized spacial score (nSPS) is 13.6. The largest absolute Gasteiger partial charge is 0.416 e. The fraction of sp³-hybridized carbons (Fsp3) is 0.538. The number of ether oxygens (including phenoxy) is 1. The summed E-state index contributed by atoms with van der Waals surface area (Å²) in [6.07, 6.45) is -4.55. The van der Waals surface area contributed by atoms with Crippen LogP contribution in [-0.2, 0) is 17.3 Å². The minimum absolute atomic E-state index is 0.0556. The number of aliphatic hydroxyl groups excluding tert-OH is 1. The summed E-state index contributed by atoms with van der Waals surface area (Å²) in [4.78, 5) is 0. The van der Waals surface area contributed by atoms with E-state index in [1.807, 2.05) is 6.92 Å². The number of alkyl halides is 3. The maximum absolute atomic E-state index is 12.7. The lowest BCUT2D eigenvalue weighted by atomic mass is 10.0. The van der Waals surface area contributed by atoms with Crippen LogP contribution < -0.4 is 0 Å². The monoisotopic (exact) mass is 262 g/mol. The SMILES string of the molecule is CCCOCC(O)Cc1ccccc1C(F)(F)F. The Hall–Kier alpha value is -1.07. The molecular weight excluding hydrogens is 245 g/mol. The van der Waals surface area contributed by atoms with Gasteiger partial charge in [0.2, 0.25) is 0 Å². The number of hydrogen-bond acceptors (Lipinski definition) is 2. The van der Waals surface area contributed by atoms with E-state index in [1.165, 1.54) is 18.2 Å². The van der Waals surface area contributed by atoms with Crippen LogP contribution in [0.15, 0.2) is 24.3 Å². The van der Waals surface area contributed by atoms with E-state index in [0.29, 0.717) is 6.61 Å². The summed E-state index contributed by atoms with van der Waals surface area (Å²) >= 11 is 0. The van der Waals surface area contributed by atoms with Crippen LogP contribution in [0.4, 0.5) is 13.2 Å². The molecule has 2 nitrogen and oxygen atoms in total. The third-order valence-electron chi connectivity index (χ3n) is 2.44. The van der Waals surface area contributed by atoms with Gasteiger partial charge in [0.25, 0.3) is 0 Å². The lowest BCUT2D eigenvalue weighted by Gasteiger charge is -2.15. The molecule has 1 N–H and O–H groups in total. The zero-order valence-corrected chi connectivity index (χ0v) is 10.2. The minimum Gasteiger partial charge on any atom is -0.390 e. The van der Waals surface area contributed by atoms with Gasteiger partial charge in [0.1, 0.15) is 0 Å². The van der Waals surface area contributed by atoms with Gasteiger partial charge in [-0.2, -0.15) is 13.2 Å². The van der Waals surface area contributed by atoms with Crippen molar-refractivity contribution in [1.29, 1.82) is 0 Å². The maximum atomic E-state index is 12.7. The molecule has 0 heterocycles. The van der Waals surface area contributed by atoms with Gasteiger partial charge in [-0.1, -0.05) is 25.1 Å². The second kappa shape index (κ2) is 6.75. The minimum atomic E-state index is -4.39. The molecule has 1 aromatic carbocycles. The molecule has 0 amide bonds. The summed E-state index contributed by atoms with van der Waals surface area (Å²) in [6.45, 7) is 2.48. The second-order valence-corrected chi connectivity index (χ2v) is 4.09. The number of halogens is 3. The van der Waals surface area contributed by atoms with Gasteiger partial charge in [0, 0.05) is 13.0 Å². The standard InChI is InChI=1S/C13H17F3O2/c1-2-7-18-9-11(17)8-10-5-3-4-6-12(10)13(14,15)16/h3-6,11,17H,2,7-9H2,1H3. The molecule has 5 heteroatoms. The van der Waals surface area contributed by atoms with Crippen molar-refractivity contribution in [3.63, 3.8) is 0 Å². The van der Waals surface area contributed by atoms with Crippen LogP contribution >= 0.6 is 0 Å². The average molecular weight is 262 g/mol. The van der Waals surface area contributed by atoms with Gasteiger partial charge >= 0.3 is 6.18 Å². The van der Waals surface area contributed by atoms with E-state index in [0.717, 1.165) is 12.5 Å². The molecular formula is C13H17F3O2. The van der Waals surface area contributed by atoms with Crippen molar-refractivity contribution in [2.24, 2.45) is 0 Å². The first kappa shape index (κ1) is 15.0. The zero-order chi connectivity index (χ0) is 13.6. The van der Waals surface area contributed by atoms with Crippen LogP contribution in [0, 0.1) is 0 Å². The Morgan fingerprint density at radius 2 is 1.94 bits per heavy atom. The van der Waals surface area contributed by atoms with Crippen LogP contribution in [0.1, 0.15) is 24.5 Å². The van der Waals surface area contributed by atoms with Crippen LogP contribution in [0.25, 0.3) is 0 Å². The van der Waals surface area contributed by atoms with Crippen molar-refractivity contribution < 1.29 is 23.0 Å². The zero-order valence-electron chi connectivity index (χ0n) is 10.2. The van der Waals surface area contributed by atoms with Crippen LogP contribution in [-0.4, -0.2) is 24.4 Å². The van der Waals surface area contributed by atoms with Gasteiger partial charge < -0.3 is 9.84 Å². The molecule has 0 spiro atoms. The molecule has 18 heavy (non-hydrogen) atoms. The lowest BCUT2D eigenvalue weighted by Crippen LogP contribution is -2.20. The smallest absolute Gasteiger partial charge is 0.390 e. The summed E-state index contributed by atoms with van der Waals surface area (Å²) in [7, 11) is 0. The molecule has 102 valence electrons. The first-order valence-corrected chi connectivity index (χ1v) is 5.86. The molecule has 0 fully saturated rings. The molecule has 0 aliphatic rings. The van der Waals surface area contributed by atoms with Crippen LogP contribution in [0.2, 0.25) is 0 Å². The summed E-state index contributed by atoms with van der Waals surface area (Å²) < 4.78 is 43.2.